The Bertz CT molecular complexity index is 1050. The van der Waals surface area contributed by atoms with Crippen LogP contribution < -0.4 is 0 Å². The standard InChI is InChI=1S/C27H24/c1-4-5-7-14-21(3)27(22-15-8-6-9-16-22)24-18-11-10-17-23(24)26-20(2)13-12-19-25(26)27/h4-19H,3H2,1-2H3. The van der Waals surface area contributed by atoms with E-state index >= 15 is 0 Å². The van der Waals surface area contributed by atoms with Gasteiger partial charge in [-0.15, -0.1) is 0 Å². The molecule has 3 aromatic carbocycles. The maximum absolute atomic E-state index is 4.56. The van der Waals surface area contributed by atoms with Crippen molar-refractivity contribution in [3.8, 4) is 11.1 Å². The summed E-state index contributed by atoms with van der Waals surface area (Å²) in [7, 11) is 0. The zero-order valence-corrected chi connectivity index (χ0v) is 15.9. The second-order valence-electron chi connectivity index (χ2n) is 7.07. The van der Waals surface area contributed by atoms with Gasteiger partial charge >= 0.3 is 0 Å². The molecule has 0 saturated carbocycles. The molecule has 1 aliphatic carbocycles. The lowest BCUT2D eigenvalue weighted by Gasteiger charge is -2.34. The van der Waals surface area contributed by atoms with Crippen LogP contribution in [0.3, 0.4) is 0 Å². The highest BCUT2D eigenvalue weighted by atomic mass is 14.5. The van der Waals surface area contributed by atoms with Crippen molar-refractivity contribution in [1.82, 2.24) is 0 Å². The van der Waals surface area contributed by atoms with Gasteiger partial charge in [-0.1, -0.05) is 104 Å². The quantitative estimate of drug-likeness (QED) is 0.445. The van der Waals surface area contributed by atoms with Gasteiger partial charge in [-0.2, -0.15) is 0 Å². The molecule has 1 aliphatic rings. The molecule has 4 rings (SSSR count). The monoisotopic (exact) mass is 348 g/mol. The summed E-state index contributed by atoms with van der Waals surface area (Å²) in [5, 5.41) is 0. The van der Waals surface area contributed by atoms with E-state index in [4.69, 9.17) is 0 Å². The fourth-order valence-corrected chi connectivity index (χ4v) is 4.45. The Hall–Kier alpha value is -3.12. The van der Waals surface area contributed by atoms with Crippen LogP contribution in [0.2, 0.25) is 0 Å². The topological polar surface area (TPSA) is 0 Å². The first kappa shape index (κ1) is 17.3. The number of benzene rings is 3. The minimum atomic E-state index is -0.364. The van der Waals surface area contributed by atoms with Gasteiger partial charge in [-0.05, 0) is 52.8 Å². The number of allylic oxidation sites excluding steroid dienone is 5. The Morgan fingerprint density at radius 2 is 1.52 bits per heavy atom. The Labute approximate surface area is 162 Å². The first-order valence-corrected chi connectivity index (χ1v) is 9.45. The molecule has 0 spiro atoms. The van der Waals surface area contributed by atoms with E-state index in [9.17, 15) is 0 Å². The largest absolute Gasteiger partial charge is 0.0942 e. The second-order valence-corrected chi connectivity index (χ2v) is 7.07. The van der Waals surface area contributed by atoms with E-state index in [1.165, 1.54) is 33.4 Å². The van der Waals surface area contributed by atoms with Gasteiger partial charge in [0.2, 0.25) is 0 Å². The number of rotatable bonds is 4. The molecule has 1 atom stereocenters. The Morgan fingerprint density at radius 1 is 0.815 bits per heavy atom. The van der Waals surface area contributed by atoms with Crippen molar-refractivity contribution in [2.75, 3.05) is 0 Å². The molecule has 1 unspecified atom stereocenters. The fourth-order valence-electron chi connectivity index (χ4n) is 4.45. The molecule has 0 radical (unpaired) electrons. The summed E-state index contributed by atoms with van der Waals surface area (Å²) in [5.41, 5.74) is 8.59. The van der Waals surface area contributed by atoms with Crippen LogP contribution in [0.5, 0.6) is 0 Å². The van der Waals surface area contributed by atoms with Crippen molar-refractivity contribution >= 4 is 0 Å². The summed E-state index contributed by atoms with van der Waals surface area (Å²) < 4.78 is 0. The van der Waals surface area contributed by atoms with Gasteiger partial charge in [-0.3, -0.25) is 0 Å². The number of hydrogen-bond donors (Lipinski definition) is 0. The van der Waals surface area contributed by atoms with Crippen LogP contribution in [0.25, 0.3) is 11.1 Å². The third kappa shape index (κ3) is 2.52. The molecule has 0 amide bonds. The van der Waals surface area contributed by atoms with Crippen LogP contribution in [-0.4, -0.2) is 0 Å². The number of aryl methyl sites for hydroxylation is 1. The van der Waals surface area contributed by atoms with Crippen LogP contribution in [0.15, 0.2) is 109 Å². The van der Waals surface area contributed by atoms with Crippen molar-refractivity contribution < 1.29 is 0 Å². The summed E-state index contributed by atoms with van der Waals surface area (Å²) in [6.07, 6.45) is 8.34. The highest BCUT2D eigenvalue weighted by Crippen LogP contribution is 2.56. The highest BCUT2D eigenvalue weighted by molar-refractivity contribution is 5.88. The zero-order valence-electron chi connectivity index (χ0n) is 15.9. The van der Waals surface area contributed by atoms with Crippen molar-refractivity contribution in [3.63, 3.8) is 0 Å². The van der Waals surface area contributed by atoms with Crippen LogP contribution in [-0.2, 0) is 5.41 Å². The summed E-state index contributed by atoms with van der Waals surface area (Å²) in [4.78, 5) is 0. The summed E-state index contributed by atoms with van der Waals surface area (Å²) in [6, 6.07) is 26.2. The van der Waals surface area contributed by atoms with Crippen LogP contribution in [0.4, 0.5) is 0 Å². The van der Waals surface area contributed by atoms with Crippen LogP contribution in [0.1, 0.15) is 29.2 Å². The van der Waals surface area contributed by atoms with E-state index in [1.807, 2.05) is 13.0 Å². The summed E-state index contributed by atoms with van der Waals surface area (Å²) in [6.45, 7) is 8.80. The average Bonchev–Trinajstić information content (AvgIpc) is 3.01. The SMILES string of the molecule is C=C(C=CC=CC)C1(c2ccccc2)c2ccccc2-c2c(C)cccc21. The second kappa shape index (κ2) is 6.89. The summed E-state index contributed by atoms with van der Waals surface area (Å²) in [5.74, 6) is 0. The number of hydrogen-bond acceptors (Lipinski definition) is 0. The van der Waals surface area contributed by atoms with Gasteiger partial charge in [0.15, 0.2) is 0 Å². The minimum Gasteiger partial charge on any atom is -0.0942 e. The van der Waals surface area contributed by atoms with E-state index in [-0.39, 0.29) is 5.41 Å². The van der Waals surface area contributed by atoms with Crippen molar-refractivity contribution in [2.24, 2.45) is 0 Å². The molecule has 0 heteroatoms. The fraction of sp³-hybridized carbons (Fsp3) is 0.111. The molecule has 0 nitrogen and oxygen atoms in total. The maximum Gasteiger partial charge on any atom is 0.0707 e. The Balaban J connectivity index is 2.11. The maximum atomic E-state index is 4.56. The average molecular weight is 348 g/mol. The molecular formula is C27H24. The molecule has 0 aromatic heterocycles. The van der Waals surface area contributed by atoms with Gasteiger partial charge < -0.3 is 0 Å². The van der Waals surface area contributed by atoms with Crippen molar-refractivity contribution in [2.45, 2.75) is 19.3 Å². The zero-order chi connectivity index (χ0) is 18.9. The predicted molar refractivity (Wildman–Crippen MR) is 116 cm³/mol. The first-order valence-electron chi connectivity index (χ1n) is 9.45. The van der Waals surface area contributed by atoms with Crippen LogP contribution in [0, 0.1) is 6.92 Å². The third-order valence-electron chi connectivity index (χ3n) is 5.57. The molecule has 3 aromatic rings. The minimum absolute atomic E-state index is 0.364. The molecular weight excluding hydrogens is 324 g/mol. The lowest BCUT2D eigenvalue weighted by molar-refractivity contribution is 0.770. The van der Waals surface area contributed by atoms with E-state index < -0.39 is 0 Å². The molecule has 27 heavy (non-hydrogen) atoms. The molecule has 0 bridgehead atoms. The molecule has 0 aliphatic heterocycles. The van der Waals surface area contributed by atoms with Gasteiger partial charge in [0, 0.05) is 0 Å². The molecule has 0 saturated heterocycles. The number of fused-ring (bicyclic) bond motifs is 3. The Morgan fingerprint density at radius 3 is 2.30 bits per heavy atom. The van der Waals surface area contributed by atoms with E-state index in [0.29, 0.717) is 0 Å². The van der Waals surface area contributed by atoms with E-state index in [2.05, 4.69) is 105 Å². The molecule has 0 fully saturated rings. The predicted octanol–water partition coefficient (Wildman–Crippen LogP) is 7.00. The summed E-state index contributed by atoms with van der Waals surface area (Å²) >= 11 is 0. The third-order valence-corrected chi connectivity index (χ3v) is 5.57. The van der Waals surface area contributed by atoms with Gasteiger partial charge in [0.05, 0.1) is 5.41 Å². The first-order chi connectivity index (χ1) is 13.2. The van der Waals surface area contributed by atoms with Gasteiger partial charge in [-0.25, -0.2) is 0 Å². The molecule has 0 heterocycles. The highest BCUT2D eigenvalue weighted by Gasteiger charge is 2.46. The lowest BCUT2D eigenvalue weighted by atomic mass is 9.67. The van der Waals surface area contributed by atoms with E-state index in [1.54, 1.807) is 0 Å². The van der Waals surface area contributed by atoms with Gasteiger partial charge in [0.25, 0.3) is 0 Å². The normalized spacial score (nSPS) is 18.0. The molecule has 132 valence electrons. The van der Waals surface area contributed by atoms with Crippen molar-refractivity contribution in [3.05, 3.63) is 132 Å². The van der Waals surface area contributed by atoms with Gasteiger partial charge in [0.1, 0.15) is 0 Å². The van der Waals surface area contributed by atoms with Crippen LogP contribution >= 0.6 is 0 Å². The molecule has 0 N–H and O–H groups in total. The van der Waals surface area contributed by atoms with Crippen molar-refractivity contribution in [1.29, 1.82) is 0 Å². The van der Waals surface area contributed by atoms with E-state index in [0.717, 1.165) is 5.57 Å². The smallest absolute Gasteiger partial charge is 0.0707 e. The lowest BCUT2D eigenvalue weighted by Crippen LogP contribution is -2.28. The Kier molecular flexibility index (Phi) is 4.41.